The summed E-state index contributed by atoms with van der Waals surface area (Å²) in [6, 6.07) is 22.2. The van der Waals surface area contributed by atoms with Crippen molar-refractivity contribution in [2.45, 2.75) is 31.3 Å². The van der Waals surface area contributed by atoms with Crippen LogP contribution in [0.3, 0.4) is 0 Å². The molecule has 2 N–H and O–H groups in total. The molecule has 0 aliphatic heterocycles. The Morgan fingerprint density at radius 3 is 2.25 bits per heavy atom. The molecule has 0 atom stereocenters. The van der Waals surface area contributed by atoms with Gasteiger partial charge in [0.25, 0.3) is 0 Å². The molecule has 1 heterocycles. The summed E-state index contributed by atoms with van der Waals surface area (Å²) in [4.78, 5) is 10.2. The van der Waals surface area contributed by atoms with E-state index < -0.39 is 10.0 Å². The van der Waals surface area contributed by atoms with E-state index >= 15 is 0 Å². The lowest BCUT2D eigenvalue weighted by atomic mass is 10.0. The minimum Gasteiger partial charge on any atom is -0.494 e. The molecule has 0 spiro atoms. The number of hydrogen-bond donors (Lipinski definition) is 2. The average molecular weight is 505 g/mol. The van der Waals surface area contributed by atoms with Crippen LogP contribution in [0.5, 0.6) is 5.88 Å². The third-order valence-electron chi connectivity index (χ3n) is 6.11. The van der Waals surface area contributed by atoms with Gasteiger partial charge in [-0.3, -0.25) is 0 Å². The van der Waals surface area contributed by atoms with E-state index in [0.29, 0.717) is 22.2 Å². The molecule has 4 aromatic rings. The first-order valence-electron chi connectivity index (χ1n) is 11.8. The second-order valence-corrected chi connectivity index (χ2v) is 11.4. The average Bonchev–Trinajstić information content (AvgIpc) is 3.18. The maximum Gasteiger partial charge on any atom is 0.243 e. The molecule has 0 amide bonds. The predicted molar refractivity (Wildman–Crippen MR) is 146 cm³/mol. The van der Waals surface area contributed by atoms with E-state index in [2.05, 4.69) is 9.88 Å². The number of sulfonamides is 1. The summed E-state index contributed by atoms with van der Waals surface area (Å²) >= 11 is 0. The van der Waals surface area contributed by atoms with Gasteiger partial charge >= 0.3 is 0 Å². The standard InChI is InChI=1S/C28H32N4O3S/c1-19(2)32(5)36(34,35)23-15-16-25-24(17-23)26(28(33)30-25)27(21-9-7-6-8-10-21)29-22-13-11-20(12-14-22)18-31(3)4/h6-17,19,30,33H,18H2,1-5H3. The lowest BCUT2D eigenvalue weighted by Crippen LogP contribution is -2.33. The van der Waals surface area contributed by atoms with Gasteiger partial charge in [-0.05, 0) is 63.8 Å². The summed E-state index contributed by atoms with van der Waals surface area (Å²) in [5.41, 5.74) is 4.33. The van der Waals surface area contributed by atoms with Crippen molar-refractivity contribution in [3.05, 3.63) is 89.5 Å². The van der Waals surface area contributed by atoms with Crippen molar-refractivity contribution in [1.82, 2.24) is 14.2 Å². The van der Waals surface area contributed by atoms with Crippen LogP contribution in [0.1, 0.15) is 30.5 Å². The molecular weight excluding hydrogens is 472 g/mol. The summed E-state index contributed by atoms with van der Waals surface area (Å²) in [6.45, 7) is 4.47. The van der Waals surface area contributed by atoms with Gasteiger partial charge < -0.3 is 15.0 Å². The number of hydrogen-bond acceptors (Lipinski definition) is 5. The van der Waals surface area contributed by atoms with Crippen LogP contribution in [0.15, 0.2) is 82.7 Å². The van der Waals surface area contributed by atoms with Crippen LogP contribution in [-0.4, -0.2) is 60.6 Å². The van der Waals surface area contributed by atoms with Gasteiger partial charge in [0.05, 0.1) is 21.9 Å². The maximum atomic E-state index is 13.2. The molecule has 0 fully saturated rings. The van der Waals surface area contributed by atoms with E-state index in [-0.39, 0.29) is 16.8 Å². The summed E-state index contributed by atoms with van der Waals surface area (Å²) in [5.74, 6) is -0.0661. The van der Waals surface area contributed by atoms with Crippen LogP contribution in [0, 0.1) is 0 Å². The second kappa shape index (κ2) is 10.3. The third kappa shape index (κ3) is 5.21. The quantitative estimate of drug-likeness (QED) is 0.326. The Hall–Kier alpha value is -3.46. The summed E-state index contributed by atoms with van der Waals surface area (Å²) in [7, 11) is 1.90. The molecule has 0 radical (unpaired) electrons. The van der Waals surface area contributed by atoms with Gasteiger partial charge in [0.1, 0.15) is 0 Å². The number of aromatic amines is 1. The zero-order chi connectivity index (χ0) is 26.0. The molecule has 1 aromatic heterocycles. The fourth-order valence-corrected chi connectivity index (χ4v) is 5.43. The lowest BCUT2D eigenvalue weighted by Gasteiger charge is -2.21. The van der Waals surface area contributed by atoms with Crippen molar-refractivity contribution in [1.29, 1.82) is 0 Å². The molecule has 0 saturated carbocycles. The molecule has 7 nitrogen and oxygen atoms in total. The number of aromatic nitrogens is 1. The van der Waals surface area contributed by atoms with Gasteiger partial charge in [-0.2, -0.15) is 4.31 Å². The van der Waals surface area contributed by atoms with Gasteiger partial charge in [0.15, 0.2) is 5.88 Å². The first kappa shape index (κ1) is 25.6. The number of aromatic hydroxyl groups is 1. The van der Waals surface area contributed by atoms with E-state index in [1.165, 1.54) is 9.87 Å². The molecule has 0 bridgehead atoms. The Labute approximate surface area is 212 Å². The smallest absolute Gasteiger partial charge is 0.243 e. The topological polar surface area (TPSA) is 89.0 Å². The van der Waals surface area contributed by atoms with E-state index in [4.69, 9.17) is 4.99 Å². The number of rotatable bonds is 8. The summed E-state index contributed by atoms with van der Waals surface area (Å²) in [6.07, 6.45) is 0. The van der Waals surface area contributed by atoms with Crippen molar-refractivity contribution < 1.29 is 13.5 Å². The molecule has 4 rings (SSSR count). The maximum absolute atomic E-state index is 13.2. The Morgan fingerprint density at radius 2 is 1.64 bits per heavy atom. The van der Waals surface area contributed by atoms with Crippen molar-refractivity contribution in [2.24, 2.45) is 4.99 Å². The highest BCUT2D eigenvalue weighted by Crippen LogP contribution is 2.33. The minimum atomic E-state index is -3.71. The Morgan fingerprint density at radius 1 is 0.972 bits per heavy atom. The lowest BCUT2D eigenvalue weighted by molar-refractivity contribution is 0.402. The van der Waals surface area contributed by atoms with Crippen LogP contribution in [0.25, 0.3) is 10.9 Å². The van der Waals surface area contributed by atoms with Crippen molar-refractivity contribution in [3.63, 3.8) is 0 Å². The van der Waals surface area contributed by atoms with Gasteiger partial charge in [0, 0.05) is 36.1 Å². The first-order chi connectivity index (χ1) is 17.1. The molecular formula is C28H32N4O3S. The normalized spacial score (nSPS) is 12.8. The van der Waals surface area contributed by atoms with Crippen molar-refractivity contribution in [3.8, 4) is 5.88 Å². The molecule has 0 saturated heterocycles. The van der Waals surface area contributed by atoms with Crippen LogP contribution in [0.2, 0.25) is 0 Å². The number of aliphatic imine (C=N–C) groups is 1. The number of fused-ring (bicyclic) bond motifs is 1. The number of H-pyrrole nitrogens is 1. The summed E-state index contributed by atoms with van der Waals surface area (Å²) in [5, 5.41) is 11.6. The largest absolute Gasteiger partial charge is 0.494 e. The number of nitrogens with one attached hydrogen (secondary N) is 1. The SMILES string of the molecule is CC(C)N(C)S(=O)(=O)c1ccc2[nH]c(O)c(C(=Nc3ccc(CN(C)C)cc3)c3ccccc3)c2c1. The Kier molecular flexibility index (Phi) is 7.31. The van der Waals surface area contributed by atoms with Crippen LogP contribution < -0.4 is 0 Å². The highest BCUT2D eigenvalue weighted by atomic mass is 32.2. The first-order valence-corrected chi connectivity index (χ1v) is 13.2. The van der Waals surface area contributed by atoms with E-state index in [1.54, 1.807) is 25.2 Å². The zero-order valence-electron chi connectivity index (χ0n) is 21.2. The summed E-state index contributed by atoms with van der Waals surface area (Å²) < 4.78 is 27.7. The minimum absolute atomic E-state index is 0.0661. The zero-order valence-corrected chi connectivity index (χ0v) is 22.0. The van der Waals surface area contributed by atoms with Gasteiger partial charge in [0.2, 0.25) is 10.0 Å². The van der Waals surface area contributed by atoms with Crippen molar-refractivity contribution in [2.75, 3.05) is 21.1 Å². The third-order valence-corrected chi connectivity index (χ3v) is 8.14. The van der Waals surface area contributed by atoms with E-state index in [1.807, 2.05) is 82.5 Å². The molecule has 0 aliphatic rings. The molecule has 8 heteroatoms. The highest BCUT2D eigenvalue weighted by Gasteiger charge is 2.25. The van der Waals surface area contributed by atoms with E-state index in [0.717, 1.165) is 17.8 Å². The molecule has 0 aliphatic carbocycles. The monoisotopic (exact) mass is 504 g/mol. The van der Waals surface area contributed by atoms with Gasteiger partial charge in [-0.25, -0.2) is 13.4 Å². The van der Waals surface area contributed by atoms with Crippen LogP contribution in [-0.2, 0) is 16.6 Å². The van der Waals surface area contributed by atoms with Crippen LogP contribution >= 0.6 is 0 Å². The van der Waals surface area contributed by atoms with Crippen LogP contribution in [0.4, 0.5) is 5.69 Å². The van der Waals surface area contributed by atoms with Gasteiger partial charge in [-0.15, -0.1) is 0 Å². The molecule has 3 aromatic carbocycles. The second-order valence-electron chi connectivity index (χ2n) is 9.40. The predicted octanol–water partition coefficient (Wildman–Crippen LogP) is 5.13. The molecule has 36 heavy (non-hydrogen) atoms. The molecule has 0 unspecified atom stereocenters. The highest BCUT2D eigenvalue weighted by molar-refractivity contribution is 7.89. The molecule has 188 valence electrons. The van der Waals surface area contributed by atoms with Gasteiger partial charge in [-0.1, -0.05) is 42.5 Å². The Balaban J connectivity index is 1.90. The fourth-order valence-electron chi connectivity index (χ4n) is 4.03. The van der Waals surface area contributed by atoms with E-state index in [9.17, 15) is 13.5 Å². The number of nitrogens with zero attached hydrogens (tertiary/aromatic N) is 3. The fraction of sp³-hybridized carbons (Fsp3) is 0.250. The number of benzene rings is 3. The van der Waals surface area contributed by atoms with Crippen molar-refractivity contribution >= 4 is 32.3 Å². The Bertz CT molecular complexity index is 1490.